The van der Waals surface area contributed by atoms with E-state index in [0.29, 0.717) is 17.5 Å². The van der Waals surface area contributed by atoms with Gasteiger partial charge in [-0.1, -0.05) is 23.9 Å². The van der Waals surface area contributed by atoms with E-state index < -0.39 is 0 Å². The van der Waals surface area contributed by atoms with Crippen LogP contribution in [0.3, 0.4) is 0 Å². The number of anilines is 2. The fourth-order valence-corrected chi connectivity index (χ4v) is 7.11. The van der Waals surface area contributed by atoms with Crippen molar-refractivity contribution in [1.29, 1.82) is 5.26 Å². The lowest BCUT2D eigenvalue weighted by Crippen LogP contribution is -2.27. The van der Waals surface area contributed by atoms with E-state index in [0.717, 1.165) is 47.3 Å². The van der Waals surface area contributed by atoms with Crippen molar-refractivity contribution >= 4 is 50.5 Å². The number of thioether (sulfide) groups is 1. The molecule has 1 aliphatic carbocycles. The Morgan fingerprint density at radius 2 is 1.85 bits per heavy atom. The van der Waals surface area contributed by atoms with Crippen LogP contribution in [0.2, 0.25) is 0 Å². The maximum Gasteiger partial charge on any atom is 0.263 e. The largest absolute Gasteiger partial charge is 0.328 e. The second-order valence-electron chi connectivity index (χ2n) is 8.46. The zero-order valence-electron chi connectivity index (χ0n) is 19.4. The maximum atomic E-state index is 13.3. The molecule has 0 saturated heterocycles. The van der Waals surface area contributed by atoms with Crippen LogP contribution in [0.5, 0.6) is 0 Å². The number of carbonyl (C=O) groups excluding carboxylic acids is 1. The Hall–Kier alpha value is -3.09. The topological polar surface area (TPSA) is 82.2 Å². The molecule has 5 rings (SSSR count). The molecule has 0 radical (unpaired) electrons. The van der Waals surface area contributed by atoms with Gasteiger partial charge in [-0.05, 0) is 50.3 Å². The van der Waals surface area contributed by atoms with E-state index in [1.165, 1.54) is 22.2 Å². The first-order valence-electron chi connectivity index (χ1n) is 11.4. The smallest absolute Gasteiger partial charge is 0.263 e. The van der Waals surface area contributed by atoms with Gasteiger partial charge < -0.3 is 9.80 Å². The van der Waals surface area contributed by atoms with Gasteiger partial charge in [0.25, 0.3) is 5.56 Å². The van der Waals surface area contributed by atoms with Crippen LogP contribution >= 0.6 is 23.1 Å². The van der Waals surface area contributed by atoms with Crippen LogP contribution in [0.4, 0.5) is 11.4 Å². The molecule has 7 nitrogen and oxygen atoms in total. The first-order chi connectivity index (χ1) is 16.5. The molecule has 174 valence electrons. The summed E-state index contributed by atoms with van der Waals surface area (Å²) in [6.45, 7) is 2.40. The third kappa shape index (κ3) is 3.53. The number of nitriles is 1. The van der Waals surface area contributed by atoms with Crippen molar-refractivity contribution in [3.05, 3.63) is 56.5 Å². The summed E-state index contributed by atoms with van der Waals surface area (Å²) < 4.78 is 1.66. The molecule has 34 heavy (non-hydrogen) atoms. The Kier molecular flexibility index (Phi) is 5.96. The third-order valence-corrected chi connectivity index (χ3v) is 8.70. The molecule has 2 aliphatic rings. The normalized spacial score (nSPS) is 14.8. The lowest BCUT2D eigenvalue weighted by Gasteiger charge is -2.20. The number of para-hydroxylation sites is 2. The number of nitrogens with zero attached hydrogens (tertiary/aromatic N) is 5. The Morgan fingerprint density at radius 1 is 1.18 bits per heavy atom. The number of benzene rings is 1. The van der Waals surface area contributed by atoms with E-state index in [1.807, 2.05) is 55.1 Å². The van der Waals surface area contributed by atoms with Crippen molar-refractivity contribution in [2.24, 2.45) is 0 Å². The van der Waals surface area contributed by atoms with Gasteiger partial charge in [0.1, 0.15) is 22.3 Å². The zero-order valence-corrected chi connectivity index (χ0v) is 21.1. The number of carbonyl (C=O) groups is 1. The molecule has 2 aromatic heterocycles. The van der Waals surface area contributed by atoms with Crippen LogP contribution in [0.25, 0.3) is 10.2 Å². The Morgan fingerprint density at radius 3 is 2.50 bits per heavy atom. The summed E-state index contributed by atoms with van der Waals surface area (Å²) >= 11 is 2.84. The second kappa shape index (κ2) is 8.93. The van der Waals surface area contributed by atoms with Crippen molar-refractivity contribution in [2.75, 3.05) is 29.6 Å². The van der Waals surface area contributed by atoms with Crippen LogP contribution in [-0.2, 0) is 24.2 Å². The van der Waals surface area contributed by atoms with E-state index in [-0.39, 0.29) is 22.7 Å². The number of hydrogen-bond donors (Lipinski definition) is 0. The lowest BCUT2D eigenvalue weighted by molar-refractivity contribution is -0.112. The van der Waals surface area contributed by atoms with Crippen molar-refractivity contribution in [3.8, 4) is 6.07 Å². The predicted molar refractivity (Wildman–Crippen MR) is 138 cm³/mol. The number of Topliss-reactive ketones (excluding diaryl/α,β-unsaturated/α-hetero) is 1. The molecule has 1 aromatic carbocycles. The fourth-order valence-electron chi connectivity index (χ4n) is 4.87. The number of aromatic nitrogens is 2. The standard InChI is InChI=1S/C25H25N5O2S2/c1-4-30-24(32)21-15-9-5-8-12-20(15)34-22(21)27-25(30)33-14-19(31)16(13-26)23-28(2)17-10-6-7-11-18(17)29(23)3/h6-7,10-11H,4-5,8-9,12,14H2,1-3H3. The van der Waals surface area contributed by atoms with Gasteiger partial charge in [0.05, 0.1) is 22.5 Å². The molecule has 3 heterocycles. The van der Waals surface area contributed by atoms with Crippen molar-refractivity contribution < 1.29 is 4.79 Å². The maximum absolute atomic E-state index is 13.3. The van der Waals surface area contributed by atoms with Crippen molar-refractivity contribution in [2.45, 2.75) is 44.3 Å². The first-order valence-corrected chi connectivity index (χ1v) is 13.2. The SMILES string of the molecule is CCn1c(SCC(=O)C(C#N)=C2N(C)c3ccccc3N2C)nc2sc3c(c2c1=O)CCCC3. The molecule has 0 bridgehead atoms. The van der Waals surface area contributed by atoms with Crippen LogP contribution in [0.1, 0.15) is 30.2 Å². The summed E-state index contributed by atoms with van der Waals surface area (Å²) in [5, 5.41) is 11.2. The predicted octanol–water partition coefficient (Wildman–Crippen LogP) is 4.34. The Labute approximate surface area is 206 Å². The van der Waals surface area contributed by atoms with Crippen molar-refractivity contribution in [3.63, 3.8) is 0 Å². The van der Waals surface area contributed by atoms with Crippen LogP contribution < -0.4 is 15.4 Å². The van der Waals surface area contributed by atoms with Gasteiger partial charge in [0, 0.05) is 25.5 Å². The monoisotopic (exact) mass is 491 g/mol. The molecule has 0 amide bonds. The summed E-state index contributed by atoms with van der Waals surface area (Å²) in [7, 11) is 3.72. The van der Waals surface area contributed by atoms with Crippen LogP contribution in [-0.4, -0.2) is 35.2 Å². The minimum Gasteiger partial charge on any atom is -0.328 e. The molecule has 1 aliphatic heterocycles. The molecule has 0 N–H and O–H groups in total. The summed E-state index contributed by atoms with van der Waals surface area (Å²) in [4.78, 5) is 37.1. The van der Waals surface area contributed by atoms with Gasteiger partial charge in [-0.25, -0.2) is 4.98 Å². The molecular formula is C25H25N5O2S2. The van der Waals surface area contributed by atoms with Crippen LogP contribution in [0, 0.1) is 11.3 Å². The summed E-state index contributed by atoms with van der Waals surface area (Å²) in [6.07, 6.45) is 4.19. The number of allylic oxidation sites excluding steroid dienone is 1. The van der Waals surface area contributed by atoms with E-state index in [1.54, 1.807) is 15.9 Å². The average Bonchev–Trinajstić information content (AvgIpc) is 3.34. The molecule has 0 fully saturated rings. The van der Waals surface area contributed by atoms with Gasteiger partial charge in [0.15, 0.2) is 10.9 Å². The number of rotatable bonds is 5. The molecule has 0 atom stereocenters. The summed E-state index contributed by atoms with van der Waals surface area (Å²) in [5.41, 5.74) is 3.14. The molecule has 0 spiro atoms. The van der Waals surface area contributed by atoms with Gasteiger partial charge in [-0.15, -0.1) is 11.3 Å². The summed E-state index contributed by atoms with van der Waals surface area (Å²) in [6, 6.07) is 9.92. The highest BCUT2D eigenvalue weighted by molar-refractivity contribution is 7.99. The van der Waals surface area contributed by atoms with Gasteiger partial charge in [-0.3, -0.25) is 14.2 Å². The zero-order chi connectivity index (χ0) is 24.0. The van der Waals surface area contributed by atoms with Gasteiger partial charge in [0.2, 0.25) is 0 Å². The van der Waals surface area contributed by atoms with E-state index >= 15 is 0 Å². The third-order valence-electron chi connectivity index (χ3n) is 6.54. The lowest BCUT2D eigenvalue weighted by atomic mass is 9.97. The van der Waals surface area contributed by atoms with Gasteiger partial charge >= 0.3 is 0 Å². The molecule has 0 saturated carbocycles. The highest BCUT2D eigenvalue weighted by Crippen LogP contribution is 2.40. The highest BCUT2D eigenvalue weighted by atomic mass is 32.2. The number of aryl methyl sites for hydroxylation is 2. The van der Waals surface area contributed by atoms with Crippen molar-refractivity contribution in [1.82, 2.24) is 9.55 Å². The fraction of sp³-hybridized carbons (Fsp3) is 0.360. The molecule has 0 unspecified atom stereocenters. The number of thiophene rings is 1. The minimum atomic E-state index is -0.281. The molecule has 9 heteroatoms. The number of ketones is 1. The average molecular weight is 492 g/mol. The number of fused-ring (bicyclic) bond motifs is 4. The Bertz CT molecular complexity index is 1410. The minimum absolute atomic E-state index is 0.0218. The highest BCUT2D eigenvalue weighted by Gasteiger charge is 2.31. The number of hydrogen-bond acceptors (Lipinski definition) is 8. The van der Waals surface area contributed by atoms with E-state index in [4.69, 9.17) is 4.98 Å². The summed E-state index contributed by atoms with van der Waals surface area (Å²) in [5.74, 6) is 0.320. The van der Waals surface area contributed by atoms with Crippen LogP contribution in [0.15, 0.2) is 45.6 Å². The quantitative estimate of drug-likeness (QED) is 0.227. The van der Waals surface area contributed by atoms with E-state index in [2.05, 4.69) is 6.07 Å². The first kappa shape index (κ1) is 22.7. The molecular weight excluding hydrogens is 466 g/mol. The second-order valence-corrected chi connectivity index (χ2v) is 10.5. The van der Waals surface area contributed by atoms with Gasteiger partial charge in [-0.2, -0.15) is 5.26 Å². The van der Waals surface area contributed by atoms with E-state index in [9.17, 15) is 14.9 Å². The Balaban J connectivity index is 1.47. The molecule has 3 aromatic rings.